The van der Waals surface area contributed by atoms with Crippen LogP contribution in [0.2, 0.25) is 0 Å². The largest absolute Gasteiger partial charge is 0.417 e. The Morgan fingerprint density at radius 3 is 2.56 bits per heavy atom. The maximum atomic E-state index is 13.1. The van der Waals surface area contributed by atoms with Crippen LogP contribution in [0.1, 0.15) is 37.7 Å². The molecule has 0 spiro atoms. The summed E-state index contributed by atoms with van der Waals surface area (Å²) in [5.74, 6) is 0.381. The molecule has 27 heavy (non-hydrogen) atoms. The van der Waals surface area contributed by atoms with E-state index in [9.17, 15) is 18.0 Å². The van der Waals surface area contributed by atoms with E-state index >= 15 is 0 Å². The normalized spacial score (nSPS) is 21.7. The lowest BCUT2D eigenvalue weighted by Gasteiger charge is -2.36. The fourth-order valence-corrected chi connectivity index (χ4v) is 3.99. The van der Waals surface area contributed by atoms with E-state index in [0.29, 0.717) is 24.7 Å². The zero-order chi connectivity index (χ0) is 19.0. The lowest BCUT2D eigenvalue weighted by molar-refractivity contribution is -0.138. The fourth-order valence-electron chi connectivity index (χ4n) is 3.99. The van der Waals surface area contributed by atoms with Gasteiger partial charge in [-0.05, 0) is 44.2 Å². The van der Waals surface area contributed by atoms with Gasteiger partial charge in [-0.2, -0.15) is 13.2 Å². The van der Waals surface area contributed by atoms with E-state index in [0.717, 1.165) is 57.5 Å². The molecule has 2 aliphatic rings. The standard InChI is InChI=1S/C18H22F3N5O/c19-18(20,21)14-6-7-15-22-23-17(26(15)12-14)25-10-4-5-13(11-25)16(27)24-8-2-1-3-9-24/h6-7,12-13H,1-5,8-11H2/t13-/m0/s1. The third-order valence-corrected chi connectivity index (χ3v) is 5.43. The topological polar surface area (TPSA) is 53.7 Å². The number of halogens is 3. The number of hydrogen-bond acceptors (Lipinski definition) is 4. The number of likely N-dealkylation sites (tertiary alicyclic amines) is 1. The van der Waals surface area contributed by atoms with Gasteiger partial charge in [0.25, 0.3) is 0 Å². The summed E-state index contributed by atoms with van der Waals surface area (Å²) in [5.41, 5.74) is -0.378. The second-order valence-electron chi connectivity index (χ2n) is 7.31. The molecular formula is C18H22F3N5O. The van der Waals surface area contributed by atoms with Gasteiger partial charge in [0.05, 0.1) is 11.5 Å². The molecule has 2 aromatic heterocycles. The van der Waals surface area contributed by atoms with Crippen LogP contribution in [0.3, 0.4) is 0 Å². The van der Waals surface area contributed by atoms with E-state index in [1.54, 1.807) is 0 Å². The van der Waals surface area contributed by atoms with E-state index in [2.05, 4.69) is 10.2 Å². The van der Waals surface area contributed by atoms with Gasteiger partial charge in [-0.25, -0.2) is 0 Å². The molecule has 4 heterocycles. The van der Waals surface area contributed by atoms with Crippen LogP contribution in [0, 0.1) is 5.92 Å². The molecule has 146 valence electrons. The predicted octanol–water partition coefficient (Wildman–Crippen LogP) is 2.98. The van der Waals surface area contributed by atoms with Crippen LogP contribution >= 0.6 is 0 Å². The highest BCUT2D eigenvalue weighted by Crippen LogP contribution is 2.31. The van der Waals surface area contributed by atoms with Crippen LogP contribution in [0.15, 0.2) is 18.3 Å². The summed E-state index contributed by atoms with van der Waals surface area (Å²) in [6.45, 7) is 2.73. The van der Waals surface area contributed by atoms with Crippen molar-refractivity contribution in [2.45, 2.75) is 38.3 Å². The Balaban J connectivity index is 1.56. The highest BCUT2D eigenvalue weighted by atomic mass is 19.4. The molecule has 0 radical (unpaired) electrons. The number of fused-ring (bicyclic) bond motifs is 1. The predicted molar refractivity (Wildman–Crippen MR) is 93.4 cm³/mol. The maximum Gasteiger partial charge on any atom is 0.417 e. The number of alkyl halides is 3. The van der Waals surface area contributed by atoms with Crippen molar-refractivity contribution in [2.75, 3.05) is 31.1 Å². The van der Waals surface area contributed by atoms with Gasteiger partial charge in [-0.1, -0.05) is 0 Å². The van der Waals surface area contributed by atoms with Crippen molar-refractivity contribution >= 4 is 17.5 Å². The van der Waals surface area contributed by atoms with Crippen molar-refractivity contribution in [2.24, 2.45) is 5.92 Å². The minimum atomic E-state index is -4.43. The monoisotopic (exact) mass is 381 g/mol. The van der Waals surface area contributed by atoms with E-state index in [-0.39, 0.29) is 11.8 Å². The minimum Gasteiger partial charge on any atom is -0.342 e. The van der Waals surface area contributed by atoms with Gasteiger partial charge in [0, 0.05) is 32.4 Å². The van der Waals surface area contributed by atoms with Crippen molar-refractivity contribution in [3.05, 3.63) is 23.9 Å². The molecule has 1 atom stereocenters. The number of carbonyl (C=O) groups excluding carboxylic acids is 1. The smallest absolute Gasteiger partial charge is 0.342 e. The van der Waals surface area contributed by atoms with Gasteiger partial charge in [0.15, 0.2) is 5.65 Å². The molecule has 1 amide bonds. The molecule has 2 aromatic rings. The van der Waals surface area contributed by atoms with Crippen LogP contribution in [-0.2, 0) is 11.0 Å². The number of nitrogens with zero attached hydrogens (tertiary/aromatic N) is 5. The van der Waals surface area contributed by atoms with Crippen LogP contribution in [0.25, 0.3) is 5.65 Å². The first-order chi connectivity index (χ1) is 12.9. The highest BCUT2D eigenvalue weighted by Gasteiger charge is 2.33. The van der Waals surface area contributed by atoms with Crippen molar-refractivity contribution in [1.29, 1.82) is 0 Å². The maximum absolute atomic E-state index is 13.1. The van der Waals surface area contributed by atoms with E-state index in [4.69, 9.17) is 0 Å². The molecule has 9 heteroatoms. The Bertz CT molecular complexity index is 828. The molecule has 6 nitrogen and oxygen atoms in total. The van der Waals surface area contributed by atoms with Gasteiger partial charge in [0.2, 0.25) is 11.9 Å². The molecule has 0 saturated carbocycles. The Labute approximate surface area is 155 Å². The number of aromatic nitrogens is 3. The van der Waals surface area contributed by atoms with Gasteiger partial charge in [-0.15, -0.1) is 10.2 Å². The first-order valence-corrected chi connectivity index (χ1v) is 9.39. The average molecular weight is 381 g/mol. The lowest BCUT2D eigenvalue weighted by Crippen LogP contribution is -2.46. The fraction of sp³-hybridized carbons (Fsp3) is 0.611. The Morgan fingerprint density at radius 1 is 1.04 bits per heavy atom. The molecule has 2 fully saturated rings. The number of piperidine rings is 2. The number of anilines is 1. The summed E-state index contributed by atoms with van der Waals surface area (Å²) in [5, 5.41) is 8.08. The number of hydrogen-bond donors (Lipinski definition) is 0. The lowest BCUT2D eigenvalue weighted by atomic mass is 9.95. The van der Waals surface area contributed by atoms with Crippen LogP contribution in [0.4, 0.5) is 19.1 Å². The van der Waals surface area contributed by atoms with E-state index < -0.39 is 11.7 Å². The summed E-state index contributed by atoms with van der Waals surface area (Å²) in [6, 6.07) is 2.33. The first-order valence-electron chi connectivity index (χ1n) is 9.39. The average Bonchev–Trinajstić information content (AvgIpc) is 3.11. The van der Waals surface area contributed by atoms with Gasteiger partial charge < -0.3 is 9.80 Å². The summed E-state index contributed by atoms with van der Waals surface area (Å²) in [7, 11) is 0. The third-order valence-electron chi connectivity index (χ3n) is 5.43. The molecule has 0 bridgehead atoms. The molecule has 0 N–H and O–H groups in total. The van der Waals surface area contributed by atoms with Crippen molar-refractivity contribution < 1.29 is 18.0 Å². The molecule has 0 aliphatic carbocycles. The van der Waals surface area contributed by atoms with Gasteiger partial charge >= 0.3 is 6.18 Å². The highest BCUT2D eigenvalue weighted by molar-refractivity contribution is 5.79. The molecule has 2 aliphatic heterocycles. The summed E-state index contributed by atoms with van der Waals surface area (Å²) < 4.78 is 40.5. The third kappa shape index (κ3) is 3.59. The first kappa shape index (κ1) is 18.1. The Kier molecular flexibility index (Phi) is 4.69. The molecule has 4 rings (SSSR count). The van der Waals surface area contributed by atoms with Crippen molar-refractivity contribution in [1.82, 2.24) is 19.5 Å². The molecule has 2 saturated heterocycles. The van der Waals surface area contributed by atoms with Gasteiger partial charge in [0.1, 0.15) is 0 Å². The minimum absolute atomic E-state index is 0.144. The number of pyridine rings is 1. The molecule has 0 unspecified atom stereocenters. The SMILES string of the molecule is O=C([C@H]1CCCN(c2nnc3ccc(C(F)(F)F)cn23)C1)N1CCCCC1. The van der Waals surface area contributed by atoms with Gasteiger partial charge in [-0.3, -0.25) is 9.20 Å². The van der Waals surface area contributed by atoms with Crippen LogP contribution in [0.5, 0.6) is 0 Å². The molecule has 0 aromatic carbocycles. The second kappa shape index (κ2) is 7.01. The Morgan fingerprint density at radius 2 is 1.81 bits per heavy atom. The number of rotatable bonds is 2. The number of amides is 1. The summed E-state index contributed by atoms with van der Waals surface area (Å²) in [6.07, 6.45) is 1.45. The summed E-state index contributed by atoms with van der Waals surface area (Å²) >= 11 is 0. The van der Waals surface area contributed by atoms with Crippen LogP contribution in [-0.4, -0.2) is 51.6 Å². The van der Waals surface area contributed by atoms with Crippen molar-refractivity contribution in [3.63, 3.8) is 0 Å². The van der Waals surface area contributed by atoms with E-state index in [1.165, 1.54) is 10.5 Å². The molecular weight excluding hydrogens is 359 g/mol. The quantitative estimate of drug-likeness (QED) is 0.803. The van der Waals surface area contributed by atoms with Crippen LogP contribution < -0.4 is 4.90 Å². The Hall–Kier alpha value is -2.32. The zero-order valence-corrected chi connectivity index (χ0v) is 15.0. The summed E-state index contributed by atoms with van der Waals surface area (Å²) in [4.78, 5) is 16.6. The second-order valence-corrected chi connectivity index (χ2v) is 7.31. The van der Waals surface area contributed by atoms with E-state index in [1.807, 2.05) is 9.80 Å². The zero-order valence-electron chi connectivity index (χ0n) is 15.0. The van der Waals surface area contributed by atoms with Crippen molar-refractivity contribution in [3.8, 4) is 0 Å². The number of carbonyl (C=O) groups is 1.